The summed E-state index contributed by atoms with van der Waals surface area (Å²) in [5, 5.41) is 16.9. The summed E-state index contributed by atoms with van der Waals surface area (Å²) in [6.45, 7) is 5.74. The molecule has 180 valence electrons. The van der Waals surface area contributed by atoms with Crippen LogP contribution in [0, 0.1) is 5.92 Å². The molecule has 0 saturated carbocycles. The Hall–Kier alpha value is -3.63. The van der Waals surface area contributed by atoms with Crippen LogP contribution < -0.4 is 5.32 Å². The first kappa shape index (κ1) is 23.1. The molecule has 1 fully saturated rings. The van der Waals surface area contributed by atoms with Gasteiger partial charge in [0, 0.05) is 49.9 Å². The van der Waals surface area contributed by atoms with Crippen molar-refractivity contribution >= 4 is 29.0 Å². The van der Waals surface area contributed by atoms with Crippen LogP contribution in [-0.2, 0) is 16.9 Å². The summed E-state index contributed by atoms with van der Waals surface area (Å²) in [5.74, 6) is 1.38. The first-order valence-corrected chi connectivity index (χ1v) is 12.4. The molecule has 1 saturated heterocycles. The molecule has 0 bridgehead atoms. The number of benzene rings is 1. The quantitative estimate of drug-likeness (QED) is 0.405. The summed E-state index contributed by atoms with van der Waals surface area (Å²) in [5.41, 5.74) is 1.36. The van der Waals surface area contributed by atoms with Crippen molar-refractivity contribution in [2.45, 2.75) is 32.4 Å². The van der Waals surface area contributed by atoms with E-state index in [4.69, 9.17) is 4.98 Å². The van der Waals surface area contributed by atoms with Gasteiger partial charge in [-0.3, -0.25) is 4.79 Å². The summed E-state index contributed by atoms with van der Waals surface area (Å²) >= 11 is 1.48. The van der Waals surface area contributed by atoms with Gasteiger partial charge in [0.2, 0.25) is 5.95 Å². The van der Waals surface area contributed by atoms with Crippen LogP contribution >= 0.6 is 11.3 Å². The van der Waals surface area contributed by atoms with Crippen molar-refractivity contribution < 1.29 is 9.90 Å². The van der Waals surface area contributed by atoms with Gasteiger partial charge >= 0.3 is 0 Å². The molecule has 9 nitrogen and oxygen atoms in total. The molecular formula is C25H27N7O2S. The number of hydrogen-bond acceptors (Lipinski definition) is 8. The molecule has 4 heterocycles. The number of aliphatic hydroxyl groups is 1. The van der Waals surface area contributed by atoms with Gasteiger partial charge in [-0.1, -0.05) is 32.0 Å². The molecule has 0 unspecified atom stereocenters. The number of imidazole rings is 1. The van der Waals surface area contributed by atoms with Gasteiger partial charge in [-0.25, -0.2) is 19.9 Å². The normalized spacial score (nSPS) is 18.0. The minimum Gasteiger partial charge on any atom is -0.375 e. The van der Waals surface area contributed by atoms with Crippen LogP contribution in [0.2, 0.25) is 0 Å². The van der Waals surface area contributed by atoms with Gasteiger partial charge in [-0.05, 0) is 23.6 Å². The monoisotopic (exact) mass is 489 g/mol. The molecular weight excluding hydrogens is 462 g/mol. The van der Waals surface area contributed by atoms with Crippen LogP contribution in [0.3, 0.4) is 0 Å². The Morgan fingerprint density at radius 2 is 2.06 bits per heavy atom. The molecule has 1 atom stereocenters. The minimum absolute atomic E-state index is 0.274. The number of nitrogens with zero attached hydrogens (tertiary/aromatic N) is 6. The second kappa shape index (κ2) is 9.20. The Labute approximate surface area is 207 Å². The SMILES string of the molecule is CC(C)Cn1cnc(Nc2nccc(-c3csc(-c4cccc([C@]5(O)CCN(C)C5=O)c4)n3)n2)c1. The van der Waals surface area contributed by atoms with Crippen LogP contribution in [-0.4, -0.2) is 54.0 Å². The predicted octanol–water partition coefficient (Wildman–Crippen LogP) is 3.91. The van der Waals surface area contributed by atoms with Crippen LogP contribution in [0.1, 0.15) is 25.8 Å². The van der Waals surface area contributed by atoms with E-state index in [0.29, 0.717) is 41.9 Å². The molecule has 3 aromatic heterocycles. The van der Waals surface area contributed by atoms with Gasteiger partial charge < -0.3 is 19.9 Å². The highest BCUT2D eigenvalue weighted by atomic mass is 32.1. The molecule has 2 N–H and O–H groups in total. The average molecular weight is 490 g/mol. The van der Waals surface area contributed by atoms with Crippen LogP contribution in [0.25, 0.3) is 22.0 Å². The van der Waals surface area contributed by atoms with Crippen molar-refractivity contribution in [2.24, 2.45) is 5.92 Å². The lowest BCUT2D eigenvalue weighted by molar-refractivity contribution is -0.143. The van der Waals surface area contributed by atoms with E-state index < -0.39 is 5.60 Å². The lowest BCUT2D eigenvalue weighted by Gasteiger charge is -2.21. The van der Waals surface area contributed by atoms with Gasteiger partial charge in [-0.2, -0.15) is 0 Å². The van der Waals surface area contributed by atoms with Crippen molar-refractivity contribution in [1.82, 2.24) is 29.4 Å². The van der Waals surface area contributed by atoms with Crippen molar-refractivity contribution in [3.8, 4) is 22.0 Å². The number of carbonyl (C=O) groups excluding carboxylic acids is 1. The Morgan fingerprint density at radius 3 is 2.83 bits per heavy atom. The van der Waals surface area contributed by atoms with E-state index in [-0.39, 0.29) is 5.91 Å². The lowest BCUT2D eigenvalue weighted by atomic mass is 9.91. The number of amides is 1. The molecule has 10 heteroatoms. The molecule has 1 aliphatic heterocycles. The van der Waals surface area contributed by atoms with Crippen molar-refractivity contribution in [1.29, 1.82) is 0 Å². The van der Waals surface area contributed by atoms with Crippen molar-refractivity contribution in [2.75, 3.05) is 18.9 Å². The zero-order valence-corrected chi connectivity index (χ0v) is 20.7. The maximum absolute atomic E-state index is 12.5. The molecule has 0 radical (unpaired) electrons. The average Bonchev–Trinajstić information content (AvgIpc) is 3.57. The molecule has 4 aromatic rings. The van der Waals surface area contributed by atoms with Gasteiger partial charge in [0.1, 0.15) is 10.7 Å². The second-order valence-corrected chi connectivity index (χ2v) is 10.1. The van der Waals surface area contributed by atoms with E-state index in [9.17, 15) is 9.90 Å². The zero-order chi connectivity index (χ0) is 24.6. The minimum atomic E-state index is -1.49. The van der Waals surface area contributed by atoms with Gasteiger partial charge in [0.05, 0.1) is 12.0 Å². The van der Waals surface area contributed by atoms with Crippen LogP contribution in [0.4, 0.5) is 11.8 Å². The fourth-order valence-electron chi connectivity index (χ4n) is 4.18. The fourth-order valence-corrected chi connectivity index (χ4v) is 4.99. The second-order valence-electron chi connectivity index (χ2n) is 9.20. The van der Waals surface area contributed by atoms with E-state index >= 15 is 0 Å². The highest BCUT2D eigenvalue weighted by Gasteiger charge is 2.45. The van der Waals surface area contributed by atoms with E-state index in [1.165, 1.54) is 11.3 Å². The van der Waals surface area contributed by atoms with Gasteiger partial charge in [0.15, 0.2) is 11.4 Å². The van der Waals surface area contributed by atoms with Crippen molar-refractivity contribution in [3.05, 3.63) is 60.0 Å². The summed E-state index contributed by atoms with van der Waals surface area (Å²) in [4.78, 5) is 32.1. The molecule has 0 aliphatic carbocycles. The number of hydrogen-bond donors (Lipinski definition) is 2. The zero-order valence-electron chi connectivity index (χ0n) is 19.8. The maximum Gasteiger partial charge on any atom is 0.258 e. The number of likely N-dealkylation sites (tertiary alicyclic amines) is 1. The first-order chi connectivity index (χ1) is 16.8. The fraction of sp³-hybridized carbons (Fsp3) is 0.320. The molecule has 1 amide bonds. The molecule has 35 heavy (non-hydrogen) atoms. The highest BCUT2D eigenvalue weighted by Crippen LogP contribution is 2.36. The number of likely N-dealkylation sites (N-methyl/N-ethyl adjacent to an activating group) is 1. The third kappa shape index (κ3) is 4.67. The van der Waals surface area contributed by atoms with Crippen molar-refractivity contribution in [3.63, 3.8) is 0 Å². The van der Waals surface area contributed by atoms with Gasteiger partial charge in [-0.15, -0.1) is 11.3 Å². The Kier molecular flexibility index (Phi) is 6.08. The third-order valence-corrected chi connectivity index (χ3v) is 6.86. The maximum atomic E-state index is 12.5. The predicted molar refractivity (Wildman–Crippen MR) is 135 cm³/mol. The Bertz CT molecular complexity index is 1370. The summed E-state index contributed by atoms with van der Waals surface area (Å²) in [6, 6.07) is 9.23. The standard InChI is InChI=1S/C25H27N7O2S/c1-16(2)12-32-13-21(27-15-32)30-24-26-9-7-19(29-24)20-14-35-22(28-20)17-5-4-6-18(11-17)25(34)8-10-31(3)23(25)33/h4-7,9,11,13-16,34H,8,10,12H2,1-3H3,(H,26,29,30)/t25-/m1/s1. The summed E-state index contributed by atoms with van der Waals surface area (Å²) in [6.07, 6.45) is 5.79. The molecule has 1 aromatic carbocycles. The third-order valence-electron chi connectivity index (χ3n) is 5.97. The van der Waals surface area contributed by atoms with E-state index in [1.54, 1.807) is 30.5 Å². The molecule has 0 spiro atoms. The number of nitrogens with one attached hydrogen (secondary N) is 1. The first-order valence-electron chi connectivity index (χ1n) is 11.5. The van der Waals surface area contributed by atoms with E-state index in [0.717, 1.165) is 22.8 Å². The van der Waals surface area contributed by atoms with E-state index in [1.807, 2.05) is 40.4 Å². The Balaban J connectivity index is 1.36. The lowest BCUT2D eigenvalue weighted by Crippen LogP contribution is -2.36. The van der Waals surface area contributed by atoms with Gasteiger partial charge in [0.25, 0.3) is 5.91 Å². The summed E-state index contributed by atoms with van der Waals surface area (Å²) < 4.78 is 2.03. The number of rotatable bonds is 7. The highest BCUT2D eigenvalue weighted by molar-refractivity contribution is 7.13. The smallest absolute Gasteiger partial charge is 0.258 e. The van der Waals surface area contributed by atoms with E-state index in [2.05, 4.69) is 34.1 Å². The number of thiazole rings is 1. The number of aromatic nitrogens is 5. The molecule has 1 aliphatic rings. The molecule has 5 rings (SSSR count). The topological polar surface area (TPSA) is 109 Å². The number of anilines is 2. The largest absolute Gasteiger partial charge is 0.375 e. The van der Waals surface area contributed by atoms with Crippen LogP contribution in [0.5, 0.6) is 0 Å². The summed E-state index contributed by atoms with van der Waals surface area (Å²) in [7, 11) is 1.71. The Morgan fingerprint density at radius 1 is 1.20 bits per heavy atom. The number of carbonyl (C=O) groups is 1. The van der Waals surface area contributed by atoms with Crippen LogP contribution in [0.15, 0.2) is 54.4 Å².